The number of aromatic nitrogens is 2. The van der Waals surface area contributed by atoms with Gasteiger partial charge in [-0.25, -0.2) is 4.98 Å². The Balaban J connectivity index is 2.33. The lowest BCUT2D eigenvalue weighted by atomic mass is 10.2. The van der Waals surface area contributed by atoms with E-state index in [9.17, 15) is 14.7 Å². The van der Waals surface area contributed by atoms with Gasteiger partial charge in [-0.3, -0.25) is 9.78 Å². The number of carbonyl (C=O) groups is 2. The average molecular weight is 215 g/mol. The van der Waals surface area contributed by atoms with Gasteiger partial charge in [-0.05, 0) is 12.1 Å². The summed E-state index contributed by atoms with van der Waals surface area (Å²) in [5.41, 5.74) is 1.66. The first kappa shape index (κ1) is 10.2. The van der Waals surface area contributed by atoms with E-state index in [-0.39, 0.29) is 6.42 Å². The Hall–Kier alpha value is -2.30. The van der Waals surface area contributed by atoms with Crippen molar-refractivity contribution < 1.29 is 14.7 Å². The zero-order valence-corrected chi connectivity index (χ0v) is 8.21. The van der Waals surface area contributed by atoms with E-state index in [2.05, 4.69) is 9.97 Å². The van der Waals surface area contributed by atoms with Crippen molar-refractivity contribution in [1.82, 2.24) is 9.97 Å². The Morgan fingerprint density at radius 1 is 1.19 bits per heavy atom. The first-order chi connectivity index (χ1) is 7.66. The molecule has 0 aliphatic heterocycles. The summed E-state index contributed by atoms with van der Waals surface area (Å²) in [5.74, 6) is -2.69. The highest BCUT2D eigenvalue weighted by Crippen LogP contribution is 2.08. The summed E-state index contributed by atoms with van der Waals surface area (Å²) in [4.78, 5) is 29.4. The van der Waals surface area contributed by atoms with Crippen LogP contribution in [0.4, 0.5) is 0 Å². The van der Waals surface area contributed by atoms with Gasteiger partial charge in [0.25, 0.3) is 0 Å². The Morgan fingerprint density at radius 2 is 1.88 bits per heavy atom. The number of carboxylic acids is 1. The van der Waals surface area contributed by atoms with Gasteiger partial charge in [-0.1, -0.05) is 12.1 Å². The summed E-state index contributed by atoms with van der Waals surface area (Å²) < 4.78 is 0. The number of hydrogen-bond donors (Lipinski definition) is 0. The number of benzene rings is 1. The van der Waals surface area contributed by atoms with E-state index in [0.29, 0.717) is 16.7 Å². The number of rotatable bonds is 3. The summed E-state index contributed by atoms with van der Waals surface area (Å²) in [6.45, 7) is 0. The van der Waals surface area contributed by atoms with Crippen molar-refractivity contribution in [2.75, 3.05) is 0 Å². The number of hydrogen-bond acceptors (Lipinski definition) is 5. The molecular weight excluding hydrogens is 208 g/mol. The Kier molecular flexibility index (Phi) is 2.59. The molecule has 2 rings (SSSR count). The topological polar surface area (TPSA) is 83.0 Å². The number of carbonyl (C=O) groups excluding carboxylic acids is 2. The van der Waals surface area contributed by atoms with E-state index < -0.39 is 11.8 Å². The Morgan fingerprint density at radius 3 is 2.56 bits per heavy atom. The number of Topliss-reactive ketones (excluding diaryl/α,β-unsaturated/α-hetero) is 1. The van der Waals surface area contributed by atoms with Crippen molar-refractivity contribution in [3.63, 3.8) is 0 Å². The van der Waals surface area contributed by atoms with Crippen LogP contribution in [0.1, 0.15) is 5.69 Å². The first-order valence-electron chi connectivity index (χ1n) is 4.61. The third kappa shape index (κ3) is 2.03. The van der Waals surface area contributed by atoms with Crippen LogP contribution in [0.15, 0.2) is 30.5 Å². The molecule has 1 aromatic carbocycles. The molecule has 1 aromatic heterocycles. The van der Waals surface area contributed by atoms with Crippen LogP contribution in [0.5, 0.6) is 0 Å². The Labute approximate surface area is 90.8 Å². The second kappa shape index (κ2) is 4.06. The molecule has 5 heteroatoms. The molecule has 0 amide bonds. The van der Waals surface area contributed by atoms with Crippen LogP contribution in [0.3, 0.4) is 0 Å². The number of fused-ring (bicyclic) bond motifs is 1. The summed E-state index contributed by atoms with van der Waals surface area (Å²) in [5, 5.41) is 10.3. The van der Waals surface area contributed by atoms with Crippen molar-refractivity contribution in [2.24, 2.45) is 0 Å². The monoisotopic (exact) mass is 215 g/mol. The minimum absolute atomic E-state index is 0.292. The summed E-state index contributed by atoms with van der Waals surface area (Å²) in [6, 6.07) is 7.15. The van der Waals surface area contributed by atoms with Crippen LogP contribution in [0.2, 0.25) is 0 Å². The molecule has 5 nitrogen and oxygen atoms in total. The predicted molar refractivity (Wildman–Crippen MR) is 53.3 cm³/mol. The van der Waals surface area contributed by atoms with Gasteiger partial charge in [-0.2, -0.15) is 0 Å². The van der Waals surface area contributed by atoms with Crippen molar-refractivity contribution in [2.45, 2.75) is 6.42 Å². The Bertz CT molecular complexity index is 566. The molecule has 0 fully saturated rings. The van der Waals surface area contributed by atoms with Gasteiger partial charge in [0.2, 0.25) is 0 Å². The highest BCUT2D eigenvalue weighted by atomic mass is 16.4. The normalized spacial score (nSPS) is 10.2. The van der Waals surface area contributed by atoms with Crippen LogP contribution >= 0.6 is 0 Å². The van der Waals surface area contributed by atoms with Crippen LogP contribution in [-0.4, -0.2) is 21.7 Å². The van der Waals surface area contributed by atoms with Gasteiger partial charge in [-0.15, -0.1) is 0 Å². The van der Waals surface area contributed by atoms with E-state index in [1.54, 1.807) is 18.2 Å². The lowest BCUT2D eigenvalue weighted by Crippen LogP contribution is -2.32. The molecule has 0 spiro atoms. The maximum Gasteiger partial charge on any atom is 0.184 e. The molecule has 0 saturated heterocycles. The summed E-state index contributed by atoms with van der Waals surface area (Å²) in [7, 11) is 0. The van der Waals surface area contributed by atoms with Crippen LogP contribution in [0.25, 0.3) is 11.0 Å². The van der Waals surface area contributed by atoms with Crippen LogP contribution in [0, 0.1) is 0 Å². The minimum Gasteiger partial charge on any atom is -0.542 e. The van der Waals surface area contributed by atoms with Gasteiger partial charge >= 0.3 is 0 Å². The van der Waals surface area contributed by atoms with E-state index in [1.165, 1.54) is 6.20 Å². The molecule has 0 unspecified atom stereocenters. The van der Waals surface area contributed by atoms with Gasteiger partial charge < -0.3 is 9.90 Å². The SMILES string of the molecule is O=C([O-])C(=O)Cc1cnc2ccccc2n1. The van der Waals surface area contributed by atoms with Crippen LogP contribution in [-0.2, 0) is 16.0 Å². The molecule has 0 saturated carbocycles. The molecule has 0 aliphatic rings. The van der Waals surface area contributed by atoms with Crippen molar-refractivity contribution >= 4 is 22.8 Å². The van der Waals surface area contributed by atoms with Gasteiger partial charge in [0, 0.05) is 6.20 Å². The summed E-state index contributed by atoms with van der Waals surface area (Å²) in [6.07, 6.45) is 1.10. The number of ketones is 1. The molecule has 80 valence electrons. The zero-order valence-electron chi connectivity index (χ0n) is 8.21. The van der Waals surface area contributed by atoms with Gasteiger partial charge in [0.1, 0.15) is 5.97 Å². The minimum atomic E-state index is -1.70. The molecular formula is C11H7N2O3-. The molecule has 0 aliphatic carbocycles. The summed E-state index contributed by atoms with van der Waals surface area (Å²) >= 11 is 0. The fourth-order valence-electron chi connectivity index (χ4n) is 1.32. The van der Waals surface area contributed by atoms with Crippen molar-refractivity contribution in [1.29, 1.82) is 0 Å². The smallest absolute Gasteiger partial charge is 0.184 e. The number of nitrogens with zero attached hydrogens (tertiary/aromatic N) is 2. The second-order valence-corrected chi connectivity index (χ2v) is 3.24. The molecule has 1 heterocycles. The molecule has 16 heavy (non-hydrogen) atoms. The fourth-order valence-corrected chi connectivity index (χ4v) is 1.32. The highest BCUT2D eigenvalue weighted by molar-refractivity contribution is 6.32. The standard InChI is InChI=1S/C11H8N2O3/c14-10(11(15)16)5-7-6-12-8-3-1-2-4-9(8)13-7/h1-4,6H,5H2,(H,15,16)/p-1. The molecule has 0 radical (unpaired) electrons. The fraction of sp³-hybridized carbons (Fsp3) is 0.0909. The largest absolute Gasteiger partial charge is 0.542 e. The molecule has 2 aromatic rings. The van der Waals surface area contributed by atoms with Crippen LogP contribution < -0.4 is 5.11 Å². The maximum absolute atomic E-state index is 10.9. The first-order valence-corrected chi connectivity index (χ1v) is 4.61. The number of aliphatic carboxylic acids is 1. The van der Waals surface area contributed by atoms with Gasteiger partial charge in [0.05, 0.1) is 23.1 Å². The predicted octanol–water partition coefficient (Wildman–Crippen LogP) is -0.509. The maximum atomic E-state index is 10.9. The third-order valence-electron chi connectivity index (χ3n) is 2.07. The average Bonchev–Trinajstić information content (AvgIpc) is 2.28. The van der Waals surface area contributed by atoms with E-state index in [0.717, 1.165) is 0 Å². The van der Waals surface area contributed by atoms with Gasteiger partial charge in [0.15, 0.2) is 5.78 Å². The third-order valence-corrected chi connectivity index (χ3v) is 2.07. The second-order valence-electron chi connectivity index (χ2n) is 3.24. The number of para-hydroxylation sites is 2. The van der Waals surface area contributed by atoms with Crippen molar-refractivity contribution in [3.8, 4) is 0 Å². The lowest BCUT2D eigenvalue weighted by Gasteiger charge is -2.02. The molecule has 0 N–H and O–H groups in total. The molecule has 0 bridgehead atoms. The molecule has 0 atom stereocenters. The van der Waals surface area contributed by atoms with E-state index in [4.69, 9.17) is 0 Å². The van der Waals surface area contributed by atoms with E-state index in [1.807, 2.05) is 6.07 Å². The highest BCUT2D eigenvalue weighted by Gasteiger charge is 2.06. The van der Waals surface area contributed by atoms with Crippen molar-refractivity contribution in [3.05, 3.63) is 36.2 Å². The quantitative estimate of drug-likeness (QED) is 0.644. The zero-order chi connectivity index (χ0) is 11.5. The lowest BCUT2D eigenvalue weighted by molar-refractivity contribution is -0.299. The van der Waals surface area contributed by atoms with E-state index >= 15 is 0 Å². The number of carboxylic acid groups (broad SMARTS) is 1.